The summed E-state index contributed by atoms with van der Waals surface area (Å²) in [6, 6.07) is 10.9. The van der Waals surface area contributed by atoms with Crippen LogP contribution in [0.3, 0.4) is 0 Å². The second-order valence-corrected chi connectivity index (χ2v) is 7.86. The lowest BCUT2D eigenvalue weighted by Crippen LogP contribution is -2.31. The van der Waals surface area contributed by atoms with Crippen LogP contribution in [0.15, 0.2) is 47.4 Å². The van der Waals surface area contributed by atoms with E-state index in [1.165, 1.54) is 31.2 Å². The third-order valence-corrected chi connectivity index (χ3v) is 4.61. The highest BCUT2D eigenvalue weighted by Gasteiger charge is 2.18. The first kappa shape index (κ1) is 21.4. The van der Waals surface area contributed by atoms with Crippen molar-refractivity contribution >= 4 is 27.6 Å². The van der Waals surface area contributed by atoms with E-state index in [1.54, 1.807) is 12.1 Å². The van der Waals surface area contributed by atoms with E-state index >= 15 is 0 Å². The summed E-state index contributed by atoms with van der Waals surface area (Å²) >= 11 is 0. The first-order valence-electron chi connectivity index (χ1n) is 8.39. The first-order chi connectivity index (χ1) is 13.0. The molecule has 2 rings (SSSR count). The molecule has 2 aromatic carbocycles. The van der Waals surface area contributed by atoms with E-state index in [0.717, 1.165) is 11.1 Å². The Kier molecular flexibility index (Phi) is 6.76. The van der Waals surface area contributed by atoms with Crippen molar-refractivity contribution in [2.24, 2.45) is 5.14 Å². The highest BCUT2D eigenvalue weighted by molar-refractivity contribution is 7.89. The number of anilines is 1. The highest BCUT2D eigenvalue weighted by Crippen LogP contribution is 2.16. The number of esters is 1. The Morgan fingerprint density at radius 2 is 1.64 bits per heavy atom. The first-order valence-corrected chi connectivity index (χ1v) is 9.93. The lowest BCUT2D eigenvalue weighted by molar-refractivity contribution is -0.155. The lowest BCUT2D eigenvalue weighted by atomic mass is 10.1. The summed E-state index contributed by atoms with van der Waals surface area (Å²) in [6.45, 7) is 4.92. The lowest BCUT2D eigenvalue weighted by Gasteiger charge is -2.14. The number of ether oxygens (including phenoxy) is 2. The number of nitrogens with two attached hydrogens (primary N) is 1. The molecule has 0 radical (unpaired) electrons. The van der Waals surface area contributed by atoms with Gasteiger partial charge in [-0.25, -0.2) is 18.4 Å². The fourth-order valence-electron chi connectivity index (χ4n) is 2.42. The normalized spacial score (nSPS) is 12.1. The van der Waals surface area contributed by atoms with Crippen molar-refractivity contribution in [2.45, 2.75) is 31.8 Å². The van der Waals surface area contributed by atoms with E-state index in [-0.39, 0.29) is 11.5 Å². The summed E-state index contributed by atoms with van der Waals surface area (Å²) in [7, 11) is -3.81. The molecule has 0 saturated carbocycles. The molecule has 1 amide bonds. The van der Waals surface area contributed by atoms with Crippen LogP contribution >= 0.6 is 0 Å². The Morgan fingerprint density at radius 3 is 2.18 bits per heavy atom. The number of benzene rings is 2. The molecule has 0 aliphatic rings. The van der Waals surface area contributed by atoms with Crippen LogP contribution in [-0.4, -0.2) is 33.0 Å². The van der Waals surface area contributed by atoms with Crippen molar-refractivity contribution in [1.29, 1.82) is 0 Å². The van der Waals surface area contributed by atoms with Gasteiger partial charge in [-0.15, -0.1) is 0 Å². The molecule has 1 unspecified atom stereocenters. The second kappa shape index (κ2) is 8.85. The number of amides is 1. The zero-order chi connectivity index (χ0) is 20.9. The molecule has 0 bridgehead atoms. The number of hydrogen-bond acceptors (Lipinski definition) is 6. The van der Waals surface area contributed by atoms with E-state index in [0.29, 0.717) is 11.4 Å². The van der Waals surface area contributed by atoms with Gasteiger partial charge in [0.05, 0.1) is 4.90 Å². The van der Waals surface area contributed by atoms with Gasteiger partial charge in [-0.2, -0.15) is 0 Å². The summed E-state index contributed by atoms with van der Waals surface area (Å²) < 4.78 is 32.9. The second-order valence-electron chi connectivity index (χ2n) is 6.30. The van der Waals surface area contributed by atoms with E-state index in [1.807, 2.05) is 19.9 Å². The van der Waals surface area contributed by atoms with Gasteiger partial charge in [-0.05, 0) is 68.3 Å². The van der Waals surface area contributed by atoms with Gasteiger partial charge in [0.15, 0.2) is 12.7 Å². The Bertz CT molecular complexity index is 950. The van der Waals surface area contributed by atoms with Crippen LogP contribution in [0.25, 0.3) is 0 Å². The number of hydrogen-bond donors (Lipinski definition) is 2. The molecule has 0 heterocycles. The zero-order valence-corrected chi connectivity index (χ0v) is 16.6. The maximum absolute atomic E-state index is 12.1. The minimum Gasteiger partial charge on any atom is -0.482 e. The third kappa shape index (κ3) is 6.36. The van der Waals surface area contributed by atoms with Gasteiger partial charge in [0, 0.05) is 5.69 Å². The highest BCUT2D eigenvalue weighted by atomic mass is 32.2. The fraction of sp³-hybridized carbons (Fsp3) is 0.263. The van der Waals surface area contributed by atoms with Gasteiger partial charge in [-0.1, -0.05) is 6.07 Å². The molecule has 0 aliphatic carbocycles. The molecule has 1 atom stereocenters. The molecule has 0 spiro atoms. The summed E-state index contributed by atoms with van der Waals surface area (Å²) in [6.07, 6.45) is -1.06. The van der Waals surface area contributed by atoms with Crippen molar-refractivity contribution in [2.75, 3.05) is 11.9 Å². The predicted molar refractivity (Wildman–Crippen MR) is 103 cm³/mol. The van der Waals surface area contributed by atoms with Gasteiger partial charge < -0.3 is 14.8 Å². The van der Waals surface area contributed by atoms with Crippen molar-refractivity contribution in [3.05, 3.63) is 53.6 Å². The van der Waals surface area contributed by atoms with Crippen LogP contribution in [-0.2, 0) is 24.3 Å². The van der Waals surface area contributed by atoms with E-state index in [2.05, 4.69) is 5.32 Å². The molecule has 3 N–H and O–H groups in total. The number of sulfonamides is 1. The minimum atomic E-state index is -3.81. The van der Waals surface area contributed by atoms with Crippen LogP contribution in [0.2, 0.25) is 0 Å². The largest absolute Gasteiger partial charge is 0.482 e. The molecule has 0 aliphatic heterocycles. The van der Waals surface area contributed by atoms with Crippen molar-refractivity contribution in [3.63, 3.8) is 0 Å². The number of carbonyl (C=O) groups excluding carboxylic acids is 2. The quantitative estimate of drug-likeness (QED) is 0.677. The average Bonchev–Trinajstić information content (AvgIpc) is 2.58. The maximum atomic E-state index is 12.1. The zero-order valence-electron chi connectivity index (χ0n) is 15.8. The molecule has 9 heteroatoms. The molecule has 2 aromatic rings. The summed E-state index contributed by atoms with van der Waals surface area (Å²) in [5.74, 6) is -0.712. The SMILES string of the molecule is Cc1cc(C)cc(OCC(=O)OC(C)C(=O)Nc2ccc(S(N)(=O)=O)cc2)c1. The van der Waals surface area contributed by atoms with Gasteiger partial charge >= 0.3 is 5.97 Å². The number of aryl methyl sites for hydroxylation is 2. The third-order valence-electron chi connectivity index (χ3n) is 3.68. The number of nitrogens with one attached hydrogen (secondary N) is 1. The Hall–Kier alpha value is -2.91. The van der Waals surface area contributed by atoms with Crippen molar-refractivity contribution < 1.29 is 27.5 Å². The topological polar surface area (TPSA) is 125 Å². The van der Waals surface area contributed by atoms with Gasteiger partial charge in [-0.3, -0.25) is 4.79 Å². The molecular weight excluding hydrogens is 384 g/mol. The van der Waals surface area contributed by atoms with Crippen LogP contribution in [0.4, 0.5) is 5.69 Å². The van der Waals surface area contributed by atoms with Gasteiger partial charge in [0.1, 0.15) is 5.75 Å². The molecule has 0 saturated heterocycles. The van der Waals surface area contributed by atoms with Gasteiger partial charge in [0.2, 0.25) is 10.0 Å². The number of carbonyl (C=O) groups is 2. The summed E-state index contributed by atoms with van der Waals surface area (Å²) in [4.78, 5) is 23.9. The molecule has 8 nitrogen and oxygen atoms in total. The van der Waals surface area contributed by atoms with Crippen LogP contribution in [0.1, 0.15) is 18.1 Å². The molecular formula is C19H22N2O6S. The van der Waals surface area contributed by atoms with Gasteiger partial charge in [0.25, 0.3) is 5.91 Å². The van der Waals surface area contributed by atoms with Crippen LogP contribution < -0.4 is 15.2 Å². The Labute approximate surface area is 163 Å². The van der Waals surface area contributed by atoms with Crippen molar-refractivity contribution in [3.8, 4) is 5.75 Å². The standard InChI is InChI=1S/C19H22N2O6S/c1-12-8-13(2)10-16(9-12)26-11-18(22)27-14(3)19(23)21-15-4-6-17(7-5-15)28(20,24)25/h4-10,14H,11H2,1-3H3,(H,21,23)(H2,20,24,25). The molecule has 150 valence electrons. The summed E-state index contributed by atoms with van der Waals surface area (Å²) in [5.41, 5.74) is 2.35. The number of rotatable bonds is 7. The van der Waals surface area contributed by atoms with Crippen LogP contribution in [0, 0.1) is 13.8 Å². The number of primary sulfonamides is 1. The monoisotopic (exact) mass is 406 g/mol. The van der Waals surface area contributed by atoms with E-state index in [9.17, 15) is 18.0 Å². The fourth-order valence-corrected chi connectivity index (χ4v) is 2.93. The van der Waals surface area contributed by atoms with E-state index in [4.69, 9.17) is 14.6 Å². The maximum Gasteiger partial charge on any atom is 0.344 e. The molecule has 28 heavy (non-hydrogen) atoms. The minimum absolute atomic E-state index is 0.0755. The predicted octanol–water partition coefficient (Wildman–Crippen LogP) is 1.90. The Morgan fingerprint density at radius 1 is 1.07 bits per heavy atom. The Balaban J connectivity index is 1.86. The average molecular weight is 406 g/mol. The molecule has 0 fully saturated rings. The van der Waals surface area contributed by atoms with Crippen molar-refractivity contribution in [1.82, 2.24) is 0 Å². The summed E-state index contributed by atoms with van der Waals surface area (Å²) in [5, 5.41) is 7.54. The van der Waals surface area contributed by atoms with Crippen LogP contribution in [0.5, 0.6) is 5.75 Å². The molecule has 0 aromatic heterocycles. The van der Waals surface area contributed by atoms with E-state index < -0.39 is 28.0 Å². The smallest absolute Gasteiger partial charge is 0.344 e.